The van der Waals surface area contributed by atoms with Crippen LogP contribution in [0.1, 0.15) is 32.1 Å². The fourth-order valence-electron chi connectivity index (χ4n) is 2.21. The molecule has 0 fully saturated rings. The molecule has 3 nitrogen and oxygen atoms in total. The number of hydrogen-bond acceptors (Lipinski definition) is 2. The molecule has 0 bridgehead atoms. The van der Waals surface area contributed by atoms with Crippen LogP contribution >= 0.6 is 27.5 Å². The summed E-state index contributed by atoms with van der Waals surface area (Å²) in [7, 11) is -3.47. The average molecular weight is 379 g/mol. The number of hydrogen-bond donors (Lipinski definition) is 1. The Hall–Kier alpha value is -0.360. The predicted molar refractivity (Wildman–Crippen MR) is 85.5 cm³/mol. The van der Waals surface area contributed by atoms with Gasteiger partial charge in [-0.25, -0.2) is 13.1 Å². The van der Waals surface area contributed by atoms with Crippen LogP contribution < -0.4 is 4.72 Å². The summed E-state index contributed by atoms with van der Waals surface area (Å²) in [6.07, 6.45) is 7.68. The first-order chi connectivity index (χ1) is 9.49. The van der Waals surface area contributed by atoms with E-state index in [-0.39, 0.29) is 4.90 Å². The van der Waals surface area contributed by atoms with E-state index in [2.05, 4.69) is 26.7 Å². The standard InChI is InChI=1S/C14H17BrClNO2S/c15-13-10-12(6-7-14(13)16)20(18,19)17-9-8-11-4-2-1-3-5-11/h4,6-7,10,17H,1-3,5,8-9H2. The van der Waals surface area contributed by atoms with Gasteiger partial charge in [0.25, 0.3) is 0 Å². The number of halogens is 2. The lowest BCUT2D eigenvalue weighted by molar-refractivity contribution is 0.579. The van der Waals surface area contributed by atoms with E-state index in [4.69, 9.17) is 11.6 Å². The zero-order chi connectivity index (χ0) is 14.6. The van der Waals surface area contributed by atoms with Crippen LogP contribution in [0.25, 0.3) is 0 Å². The van der Waals surface area contributed by atoms with Crippen LogP contribution in [0.4, 0.5) is 0 Å². The molecule has 1 aliphatic rings. The van der Waals surface area contributed by atoms with Crippen LogP contribution in [0.2, 0.25) is 5.02 Å². The Morgan fingerprint density at radius 3 is 2.75 bits per heavy atom. The highest BCUT2D eigenvalue weighted by Crippen LogP contribution is 2.25. The normalized spacial score (nSPS) is 16.0. The zero-order valence-corrected chi connectivity index (χ0v) is 14.2. The van der Waals surface area contributed by atoms with Crippen molar-refractivity contribution >= 4 is 37.6 Å². The van der Waals surface area contributed by atoms with Gasteiger partial charge in [0, 0.05) is 11.0 Å². The number of rotatable bonds is 5. The summed E-state index contributed by atoms with van der Waals surface area (Å²) in [5.41, 5.74) is 1.36. The van der Waals surface area contributed by atoms with Gasteiger partial charge in [0.2, 0.25) is 10.0 Å². The lowest BCUT2D eigenvalue weighted by Gasteiger charge is -2.13. The molecular weight excluding hydrogens is 362 g/mol. The Balaban J connectivity index is 1.96. The van der Waals surface area contributed by atoms with Crippen molar-refractivity contribution in [2.75, 3.05) is 6.54 Å². The Morgan fingerprint density at radius 2 is 2.10 bits per heavy atom. The largest absolute Gasteiger partial charge is 0.240 e. The summed E-state index contributed by atoms with van der Waals surface area (Å²) in [6.45, 7) is 0.439. The monoisotopic (exact) mass is 377 g/mol. The van der Waals surface area contributed by atoms with E-state index in [9.17, 15) is 8.42 Å². The summed E-state index contributed by atoms with van der Waals surface area (Å²) >= 11 is 9.10. The van der Waals surface area contributed by atoms with Gasteiger partial charge >= 0.3 is 0 Å². The molecule has 0 aromatic heterocycles. The molecule has 0 saturated heterocycles. The quantitative estimate of drug-likeness (QED) is 0.778. The summed E-state index contributed by atoms with van der Waals surface area (Å²) in [5, 5.41) is 0.497. The minimum atomic E-state index is -3.47. The molecule has 6 heteroatoms. The molecule has 0 heterocycles. The number of sulfonamides is 1. The molecule has 0 unspecified atom stereocenters. The maximum atomic E-state index is 12.1. The molecule has 1 aromatic rings. The molecule has 110 valence electrons. The van der Waals surface area contributed by atoms with Crippen LogP contribution in [0.15, 0.2) is 39.2 Å². The summed E-state index contributed by atoms with van der Waals surface area (Å²) < 4.78 is 27.5. The van der Waals surface area contributed by atoms with Crippen LogP contribution in [0, 0.1) is 0 Å². The van der Waals surface area contributed by atoms with Gasteiger partial charge in [0.05, 0.1) is 9.92 Å². The van der Waals surface area contributed by atoms with Crippen LogP contribution in [-0.4, -0.2) is 15.0 Å². The zero-order valence-electron chi connectivity index (χ0n) is 11.0. The highest BCUT2D eigenvalue weighted by atomic mass is 79.9. The van der Waals surface area contributed by atoms with Gasteiger partial charge in [-0.2, -0.15) is 0 Å². The van der Waals surface area contributed by atoms with Crippen molar-refractivity contribution in [1.82, 2.24) is 4.72 Å². The Kier molecular flexibility index (Phi) is 5.66. The van der Waals surface area contributed by atoms with Crippen molar-refractivity contribution in [1.29, 1.82) is 0 Å². The number of allylic oxidation sites excluding steroid dienone is 1. The Morgan fingerprint density at radius 1 is 1.30 bits per heavy atom. The van der Waals surface area contributed by atoms with Crippen LogP contribution in [0.3, 0.4) is 0 Å². The summed E-state index contributed by atoms with van der Waals surface area (Å²) in [4.78, 5) is 0.228. The lowest BCUT2D eigenvalue weighted by Crippen LogP contribution is -2.25. The smallest absolute Gasteiger partial charge is 0.211 e. The molecule has 0 amide bonds. The highest BCUT2D eigenvalue weighted by Gasteiger charge is 2.15. The Bertz CT molecular complexity index is 614. The fraction of sp³-hybridized carbons (Fsp3) is 0.429. The molecule has 0 atom stereocenters. The van der Waals surface area contributed by atoms with Gasteiger partial charge in [-0.3, -0.25) is 0 Å². The number of benzene rings is 1. The molecule has 20 heavy (non-hydrogen) atoms. The van der Waals surface area contributed by atoms with Gasteiger partial charge in [-0.15, -0.1) is 0 Å². The third-order valence-electron chi connectivity index (χ3n) is 3.32. The molecule has 1 aliphatic carbocycles. The van der Waals surface area contributed by atoms with Crippen molar-refractivity contribution in [3.8, 4) is 0 Å². The number of nitrogens with one attached hydrogen (secondary N) is 1. The second-order valence-electron chi connectivity index (χ2n) is 4.83. The molecule has 0 saturated carbocycles. The molecular formula is C14H17BrClNO2S. The van der Waals surface area contributed by atoms with E-state index in [1.165, 1.54) is 30.5 Å². The van der Waals surface area contributed by atoms with Crippen molar-refractivity contribution in [3.63, 3.8) is 0 Å². The first kappa shape index (κ1) is 16.0. The van der Waals surface area contributed by atoms with Crippen molar-refractivity contribution in [2.45, 2.75) is 37.0 Å². The van der Waals surface area contributed by atoms with E-state index in [1.54, 1.807) is 6.07 Å². The molecule has 0 radical (unpaired) electrons. The molecule has 1 N–H and O–H groups in total. The van der Waals surface area contributed by atoms with Gasteiger partial charge < -0.3 is 0 Å². The van der Waals surface area contributed by atoms with Crippen molar-refractivity contribution < 1.29 is 8.42 Å². The van der Waals surface area contributed by atoms with Gasteiger partial charge in [0.1, 0.15) is 0 Å². The second kappa shape index (κ2) is 7.07. The fourth-order valence-corrected chi connectivity index (χ4v) is 3.91. The average Bonchev–Trinajstić information content (AvgIpc) is 2.43. The summed E-state index contributed by atoms with van der Waals surface area (Å²) in [6, 6.07) is 4.60. The molecule has 0 aliphatic heterocycles. The molecule has 0 spiro atoms. The SMILES string of the molecule is O=S(=O)(NCCC1=CCCCC1)c1ccc(Cl)c(Br)c1. The van der Waals surface area contributed by atoms with Crippen LogP contribution in [0.5, 0.6) is 0 Å². The van der Waals surface area contributed by atoms with E-state index in [0.29, 0.717) is 16.0 Å². The van der Waals surface area contributed by atoms with Gasteiger partial charge in [-0.1, -0.05) is 23.3 Å². The van der Waals surface area contributed by atoms with E-state index < -0.39 is 10.0 Å². The lowest BCUT2D eigenvalue weighted by atomic mass is 9.97. The van der Waals surface area contributed by atoms with Crippen molar-refractivity contribution in [3.05, 3.63) is 39.3 Å². The maximum absolute atomic E-state index is 12.1. The van der Waals surface area contributed by atoms with E-state index >= 15 is 0 Å². The molecule has 1 aromatic carbocycles. The third-order valence-corrected chi connectivity index (χ3v) is 6.00. The minimum absolute atomic E-state index is 0.228. The van der Waals surface area contributed by atoms with E-state index in [0.717, 1.165) is 19.3 Å². The van der Waals surface area contributed by atoms with Gasteiger partial charge in [0.15, 0.2) is 0 Å². The third kappa shape index (κ3) is 4.32. The maximum Gasteiger partial charge on any atom is 0.240 e. The summed E-state index contributed by atoms with van der Waals surface area (Å²) in [5.74, 6) is 0. The molecule has 2 rings (SSSR count). The van der Waals surface area contributed by atoms with Crippen LogP contribution in [-0.2, 0) is 10.0 Å². The minimum Gasteiger partial charge on any atom is -0.211 e. The predicted octanol–water partition coefficient (Wildman–Crippen LogP) is 4.27. The van der Waals surface area contributed by atoms with Gasteiger partial charge in [-0.05, 0) is 66.2 Å². The topological polar surface area (TPSA) is 46.2 Å². The first-order valence-corrected chi connectivity index (χ1v) is 9.27. The van der Waals surface area contributed by atoms with Crippen molar-refractivity contribution in [2.24, 2.45) is 0 Å². The van der Waals surface area contributed by atoms with E-state index in [1.807, 2.05) is 0 Å². The Labute approximate surface area is 133 Å². The first-order valence-electron chi connectivity index (χ1n) is 6.62. The second-order valence-corrected chi connectivity index (χ2v) is 7.86. The highest BCUT2D eigenvalue weighted by molar-refractivity contribution is 9.10.